The molecule has 0 unspecified atom stereocenters. The van der Waals surface area contributed by atoms with Crippen molar-refractivity contribution in [2.45, 2.75) is 53.6 Å². The topological polar surface area (TPSA) is 43.4 Å². The lowest BCUT2D eigenvalue weighted by atomic mass is 9.96. The van der Waals surface area contributed by atoms with E-state index in [2.05, 4.69) is 27.7 Å². The highest BCUT2D eigenvalue weighted by Crippen LogP contribution is 2.18. The minimum atomic E-state index is -0.296. The van der Waals surface area contributed by atoms with E-state index >= 15 is 0 Å². The second-order valence-corrected chi connectivity index (χ2v) is 6.12. The van der Waals surface area contributed by atoms with Crippen LogP contribution in [0.3, 0.4) is 0 Å². The van der Waals surface area contributed by atoms with Crippen molar-refractivity contribution in [1.82, 2.24) is 0 Å². The summed E-state index contributed by atoms with van der Waals surface area (Å²) in [4.78, 5) is 23.6. The fourth-order valence-corrected chi connectivity index (χ4v) is 2.34. The van der Waals surface area contributed by atoms with Gasteiger partial charge in [0.15, 0.2) is 0 Å². The van der Waals surface area contributed by atoms with Gasteiger partial charge in [-0.3, -0.25) is 4.79 Å². The lowest BCUT2D eigenvalue weighted by molar-refractivity contribution is -0.118. The molecular formula is C18H26O3. The lowest BCUT2D eigenvalue weighted by Crippen LogP contribution is -2.28. The smallest absolute Gasteiger partial charge is 0.338 e. The van der Waals surface area contributed by atoms with Crippen LogP contribution < -0.4 is 0 Å². The van der Waals surface area contributed by atoms with Gasteiger partial charge < -0.3 is 4.74 Å². The van der Waals surface area contributed by atoms with Gasteiger partial charge in [0.2, 0.25) is 0 Å². The van der Waals surface area contributed by atoms with Gasteiger partial charge in [-0.2, -0.15) is 0 Å². The minimum absolute atomic E-state index is 0.0844. The Morgan fingerprint density at radius 1 is 1.00 bits per heavy atom. The van der Waals surface area contributed by atoms with Crippen molar-refractivity contribution in [3.05, 3.63) is 35.4 Å². The van der Waals surface area contributed by atoms with Gasteiger partial charge >= 0.3 is 5.97 Å². The Kier molecular flexibility index (Phi) is 6.60. The van der Waals surface area contributed by atoms with Crippen LogP contribution in [0.1, 0.15) is 57.0 Å². The molecule has 0 N–H and O–H groups in total. The number of carbonyl (C=O) groups excluding carboxylic acids is 2. The van der Waals surface area contributed by atoms with Crippen LogP contribution in [-0.2, 0) is 16.0 Å². The quantitative estimate of drug-likeness (QED) is 0.712. The number of hydrogen-bond donors (Lipinski definition) is 0. The van der Waals surface area contributed by atoms with Crippen LogP contribution in [0.15, 0.2) is 24.3 Å². The monoisotopic (exact) mass is 290 g/mol. The number of ketones is 1. The number of ether oxygens (including phenoxy) is 1. The Balaban J connectivity index is 2.73. The molecule has 0 aliphatic carbocycles. The van der Waals surface area contributed by atoms with Gasteiger partial charge in [-0.25, -0.2) is 4.79 Å². The summed E-state index contributed by atoms with van der Waals surface area (Å²) in [6.07, 6.45) is 0.875. The Morgan fingerprint density at radius 3 is 1.95 bits per heavy atom. The predicted molar refractivity (Wildman–Crippen MR) is 84.3 cm³/mol. The first-order valence-corrected chi connectivity index (χ1v) is 7.66. The van der Waals surface area contributed by atoms with Crippen LogP contribution in [-0.4, -0.2) is 17.9 Å². The second kappa shape index (κ2) is 7.96. The van der Waals surface area contributed by atoms with Crippen molar-refractivity contribution in [2.75, 3.05) is 0 Å². The first-order chi connectivity index (χ1) is 9.85. The molecule has 1 rings (SSSR count). The maximum Gasteiger partial charge on any atom is 0.338 e. The summed E-state index contributed by atoms with van der Waals surface area (Å²) in [5.41, 5.74) is 1.47. The van der Waals surface area contributed by atoms with Crippen molar-refractivity contribution in [3.8, 4) is 0 Å². The Labute approximate surface area is 127 Å². The van der Waals surface area contributed by atoms with Crippen LogP contribution in [0.2, 0.25) is 0 Å². The molecule has 0 atom stereocenters. The third kappa shape index (κ3) is 5.33. The van der Waals surface area contributed by atoms with Gasteiger partial charge in [-0.05, 0) is 29.5 Å². The molecule has 0 fully saturated rings. The molecule has 0 aliphatic rings. The summed E-state index contributed by atoms with van der Waals surface area (Å²) in [6, 6.07) is 7.12. The average molecular weight is 290 g/mol. The number of Topliss-reactive ketones (excluding diaryl/α,β-unsaturated/α-hetero) is 1. The molecule has 116 valence electrons. The van der Waals surface area contributed by atoms with Gasteiger partial charge in [-0.1, -0.05) is 46.8 Å². The molecule has 0 spiro atoms. The lowest BCUT2D eigenvalue weighted by Gasteiger charge is -2.24. The van der Waals surface area contributed by atoms with E-state index in [4.69, 9.17) is 4.74 Å². The Bertz CT molecular complexity index is 464. The van der Waals surface area contributed by atoms with Gasteiger partial charge in [0, 0.05) is 12.8 Å². The van der Waals surface area contributed by atoms with Gasteiger partial charge in [0.05, 0.1) is 5.56 Å². The summed E-state index contributed by atoms with van der Waals surface area (Å²) in [5.74, 6) is 0.478. The number of benzene rings is 1. The molecule has 3 heteroatoms. The van der Waals surface area contributed by atoms with Gasteiger partial charge in [0.1, 0.15) is 11.9 Å². The summed E-state index contributed by atoms with van der Waals surface area (Å²) in [7, 11) is 0. The zero-order valence-corrected chi connectivity index (χ0v) is 13.7. The zero-order valence-electron chi connectivity index (χ0n) is 13.7. The number of hydrogen-bond acceptors (Lipinski definition) is 3. The highest BCUT2D eigenvalue weighted by atomic mass is 16.5. The average Bonchev–Trinajstić information content (AvgIpc) is 2.44. The fraction of sp³-hybridized carbons (Fsp3) is 0.556. The first kappa shape index (κ1) is 17.4. The number of carbonyl (C=O) groups is 2. The molecule has 0 bridgehead atoms. The van der Waals surface area contributed by atoms with E-state index in [1.165, 1.54) is 0 Å². The molecule has 0 saturated carbocycles. The van der Waals surface area contributed by atoms with E-state index in [-0.39, 0.29) is 29.7 Å². The van der Waals surface area contributed by atoms with Crippen LogP contribution >= 0.6 is 0 Å². The molecule has 0 heterocycles. The highest BCUT2D eigenvalue weighted by Gasteiger charge is 2.22. The normalized spacial score (nSPS) is 11.2. The van der Waals surface area contributed by atoms with Crippen molar-refractivity contribution in [3.63, 3.8) is 0 Å². The number of esters is 1. The van der Waals surface area contributed by atoms with E-state index in [1.807, 2.05) is 19.1 Å². The first-order valence-electron chi connectivity index (χ1n) is 7.66. The molecule has 0 saturated heterocycles. The maximum atomic E-state index is 12.2. The Hall–Kier alpha value is -1.64. The van der Waals surface area contributed by atoms with Crippen molar-refractivity contribution in [1.29, 1.82) is 0 Å². The molecular weight excluding hydrogens is 264 g/mol. The van der Waals surface area contributed by atoms with E-state index in [9.17, 15) is 9.59 Å². The van der Waals surface area contributed by atoms with Crippen molar-refractivity contribution >= 4 is 11.8 Å². The van der Waals surface area contributed by atoms with Crippen LogP contribution in [0.25, 0.3) is 0 Å². The van der Waals surface area contributed by atoms with Gasteiger partial charge in [-0.15, -0.1) is 0 Å². The summed E-state index contributed by atoms with van der Waals surface area (Å²) in [6.45, 7) is 10.1. The molecule has 1 aromatic rings. The van der Waals surface area contributed by atoms with Gasteiger partial charge in [0.25, 0.3) is 0 Å². The molecule has 1 aromatic carbocycles. The standard InChI is InChI=1S/C18H26O3/c1-6-16(19)11-14-7-9-15(10-8-14)18(20)21-17(12(2)3)13(4)5/h7-10,12-13,17H,6,11H2,1-5H3. The summed E-state index contributed by atoms with van der Waals surface area (Å²) in [5, 5.41) is 0. The van der Waals surface area contributed by atoms with E-state index in [0.29, 0.717) is 18.4 Å². The molecule has 0 radical (unpaired) electrons. The van der Waals surface area contributed by atoms with Crippen molar-refractivity contribution in [2.24, 2.45) is 11.8 Å². The fourth-order valence-electron chi connectivity index (χ4n) is 2.34. The molecule has 0 amide bonds. The summed E-state index contributed by atoms with van der Waals surface area (Å²) >= 11 is 0. The van der Waals surface area contributed by atoms with Crippen LogP contribution in [0, 0.1) is 11.8 Å². The number of rotatable bonds is 7. The molecule has 3 nitrogen and oxygen atoms in total. The van der Waals surface area contributed by atoms with E-state index in [0.717, 1.165) is 5.56 Å². The van der Waals surface area contributed by atoms with Crippen LogP contribution in [0.5, 0.6) is 0 Å². The third-order valence-corrected chi connectivity index (χ3v) is 3.54. The molecule has 0 aliphatic heterocycles. The largest absolute Gasteiger partial charge is 0.458 e. The zero-order chi connectivity index (χ0) is 16.0. The predicted octanol–water partition coefficient (Wildman–Crippen LogP) is 4.05. The molecule has 0 aromatic heterocycles. The minimum Gasteiger partial charge on any atom is -0.458 e. The maximum absolute atomic E-state index is 12.2. The van der Waals surface area contributed by atoms with Crippen LogP contribution in [0.4, 0.5) is 0 Å². The summed E-state index contributed by atoms with van der Waals surface area (Å²) < 4.78 is 5.60. The highest BCUT2D eigenvalue weighted by molar-refractivity contribution is 5.89. The molecule has 21 heavy (non-hydrogen) atoms. The SMILES string of the molecule is CCC(=O)Cc1ccc(C(=O)OC(C(C)C)C(C)C)cc1. The van der Waals surface area contributed by atoms with Crippen molar-refractivity contribution < 1.29 is 14.3 Å². The van der Waals surface area contributed by atoms with E-state index in [1.54, 1.807) is 12.1 Å². The van der Waals surface area contributed by atoms with E-state index < -0.39 is 0 Å². The third-order valence-electron chi connectivity index (χ3n) is 3.54. The Morgan fingerprint density at radius 2 is 1.52 bits per heavy atom. The second-order valence-electron chi connectivity index (χ2n) is 6.12.